The van der Waals surface area contributed by atoms with E-state index in [0.717, 1.165) is 5.56 Å². The van der Waals surface area contributed by atoms with Crippen LogP contribution < -0.4 is 10.1 Å². The molecule has 36 heavy (non-hydrogen) atoms. The highest BCUT2D eigenvalue weighted by Gasteiger charge is 2.32. The lowest BCUT2D eigenvalue weighted by atomic mass is 10.0. The summed E-state index contributed by atoms with van der Waals surface area (Å²) in [5, 5.41) is 4.43. The van der Waals surface area contributed by atoms with Crippen LogP contribution in [-0.2, 0) is 22.6 Å². The van der Waals surface area contributed by atoms with E-state index in [1.807, 2.05) is 44.2 Å². The van der Waals surface area contributed by atoms with Crippen molar-refractivity contribution in [2.75, 3.05) is 6.61 Å². The Kier molecular flexibility index (Phi) is 10.3. The fourth-order valence-corrected chi connectivity index (χ4v) is 4.58. The lowest BCUT2D eigenvalue weighted by Gasteiger charge is -2.32. The van der Waals surface area contributed by atoms with Crippen LogP contribution in [0.1, 0.15) is 25.0 Å². The number of amides is 2. The minimum absolute atomic E-state index is 0.0120. The van der Waals surface area contributed by atoms with Gasteiger partial charge in [0.25, 0.3) is 5.91 Å². The fraction of sp³-hybridized carbons (Fsp3) is 0.259. The van der Waals surface area contributed by atoms with Crippen molar-refractivity contribution in [3.05, 3.63) is 97.9 Å². The molecule has 0 saturated heterocycles. The summed E-state index contributed by atoms with van der Waals surface area (Å²) in [6.45, 7) is 3.38. The molecule has 3 rings (SSSR count). The summed E-state index contributed by atoms with van der Waals surface area (Å²) >= 11 is 25.0. The van der Waals surface area contributed by atoms with E-state index in [0.29, 0.717) is 26.4 Å². The summed E-state index contributed by atoms with van der Waals surface area (Å²) in [7, 11) is 0. The van der Waals surface area contributed by atoms with Crippen molar-refractivity contribution in [3.8, 4) is 5.75 Å². The van der Waals surface area contributed by atoms with Gasteiger partial charge in [-0.2, -0.15) is 0 Å². The van der Waals surface area contributed by atoms with Gasteiger partial charge < -0.3 is 15.0 Å². The van der Waals surface area contributed by atoms with Crippen LogP contribution in [0.5, 0.6) is 5.75 Å². The van der Waals surface area contributed by atoms with E-state index in [9.17, 15) is 9.59 Å². The Morgan fingerprint density at radius 3 is 2.17 bits per heavy atom. The zero-order valence-corrected chi connectivity index (χ0v) is 22.8. The van der Waals surface area contributed by atoms with Gasteiger partial charge in [0.05, 0.1) is 5.02 Å². The maximum absolute atomic E-state index is 13.6. The average molecular weight is 568 g/mol. The number of hydrogen-bond acceptors (Lipinski definition) is 3. The van der Waals surface area contributed by atoms with E-state index in [2.05, 4.69) is 5.32 Å². The first-order valence-electron chi connectivity index (χ1n) is 11.3. The average Bonchev–Trinajstić information content (AvgIpc) is 2.82. The molecule has 0 bridgehead atoms. The Morgan fingerprint density at radius 2 is 1.56 bits per heavy atom. The molecule has 0 aliphatic rings. The van der Waals surface area contributed by atoms with E-state index in [1.165, 1.54) is 11.0 Å². The number of ether oxygens (including phenoxy) is 1. The van der Waals surface area contributed by atoms with Crippen molar-refractivity contribution in [2.24, 2.45) is 0 Å². The Bertz CT molecular complexity index is 1180. The topological polar surface area (TPSA) is 58.6 Å². The molecule has 0 spiro atoms. The van der Waals surface area contributed by atoms with E-state index >= 15 is 0 Å². The highest BCUT2D eigenvalue weighted by Crippen LogP contribution is 2.29. The van der Waals surface area contributed by atoms with Gasteiger partial charge in [0.15, 0.2) is 6.61 Å². The number of carbonyl (C=O) groups excluding carboxylic acids is 2. The van der Waals surface area contributed by atoms with Gasteiger partial charge in [-0.15, -0.1) is 0 Å². The molecule has 1 N–H and O–H groups in total. The van der Waals surface area contributed by atoms with Crippen molar-refractivity contribution >= 4 is 58.2 Å². The summed E-state index contributed by atoms with van der Waals surface area (Å²) < 4.78 is 5.71. The van der Waals surface area contributed by atoms with Crippen LogP contribution in [0.15, 0.2) is 66.7 Å². The van der Waals surface area contributed by atoms with Crippen LogP contribution in [-0.4, -0.2) is 35.4 Å². The summed E-state index contributed by atoms with van der Waals surface area (Å²) in [6.07, 6.45) is 0.287. The first kappa shape index (κ1) is 28.1. The molecule has 0 aliphatic heterocycles. The number of nitrogens with one attached hydrogen (secondary N) is 1. The third-order valence-electron chi connectivity index (χ3n) is 5.34. The second kappa shape index (κ2) is 13.2. The number of carbonyl (C=O) groups is 2. The van der Waals surface area contributed by atoms with Crippen LogP contribution in [0, 0.1) is 0 Å². The lowest BCUT2D eigenvalue weighted by molar-refractivity contribution is -0.143. The molecule has 0 aromatic heterocycles. The Balaban J connectivity index is 1.97. The second-order valence-electron chi connectivity index (χ2n) is 8.45. The molecule has 0 saturated carbocycles. The molecule has 5 nitrogen and oxygen atoms in total. The number of hydrogen-bond donors (Lipinski definition) is 1. The fourth-order valence-electron chi connectivity index (χ4n) is 3.60. The molecule has 9 heteroatoms. The van der Waals surface area contributed by atoms with Gasteiger partial charge in [-0.05, 0) is 49.7 Å². The number of halogens is 4. The quantitative estimate of drug-likeness (QED) is 0.291. The van der Waals surface area contributed by atoms with E-state index < -0.39 is 11.9 Å². The smallest absolute Gasteiger partial charge is 0.261 e. The molecule has 0 aliphatic carbocycles. The number of nitrogens with zero attached hydrogens (tertiary/aromatic N) is 1. The van der Waals surface area contributed by atoms with Gasteiger partial charge in [-0.1, -0.05) is 82.8 Å². The van der Waals surface area contributed by atoms with Crippen LogP contribution in [0.3, 0.4) is 0 Å². The zero-order chi connectivity index (χ0) is 26.2. The molecule has 3 aromatic rings. The maximum Gasteiger partial charge on any atom is 0.261 e. The predicted octanol–water partition coefficient (Wildman–Crippen LogP) is 6.84. The Morgan fingerprint density at radius 1 is 0.889 bits per heavy atom. The molecule has 0 unspecified atom stereocenters. The van der Waals surface area contributed by atoms with Crippen molar-refractivity contribution in [3.63, 3.8) is 0 Å². The molecule has 3 aromatic carbocycles. The molecule has 1 atom stereocenters. The van der Waals surface area contributed by atoms with E-state index in [4.69, 9.17) is 51.1 Å². The van der Waals surface area contributed by atoms with Gasteiger partial charge in [-0.3, -0.25) is 9.59 Å². The van der Waals surface area contributed by atoms with Crippen LogP contribution >= 0.6 is 46.4 Å². The molecular formula is C27H26Cl4N2O3. The van der Waals surface area contributed by atoms with Crippen LogP contribution in [0.4, 0.5) is 0 Å². The minimum atomic E-state index is -0.848. The number of benzene rings is 3. The summed E-state index contributed by atoms with van der Waals surface area (Å²) in [5.74, 6) is -0.428. The molecule has 0 fully saturated rings. The largest absolute Gasteiger partial charge is 0.482 e. The normalized spacial score (nSPS) is 11.8. The molecule has 2 amide bonds. The first-order valence-corrected chi connectivity index (χ1v) is 12.8. The Labute approximate surface area is 231 Å². The van der Waals surface area contributed by atoms with E-state index in [1.54, 1.807) is 30.3 Å². The molecule has 190 valence electrons. The minimum Gasteiger partial charge on any atom is -0.482 e. The summed E-state index contributed by atoms with van der Waals surface area (Å²) in [5.41, 5.74) is 1.43. The third kappa shape index (κ3) is 7.78. The summed E-state index contributed by atoms with van der Waals surface area (Å²) in [6, 6.07) is 18.3. The van der Waals surface area contributed by atoms with Crippen molar-refractivity contribution < 1.29 is 14.3 Å². The maximum atomic E-state index is 13.6. The first-order chi connectivity index (χ1) is 17.2. The Hall–Kier alpha value is -2.44. The zero-order valence-electron chi connectivity index (χ0n) is 19.8. The monoisotopic (exact) mass is 566 g/mol. The van der Waals surface area contributed by atoms with Crippen molar-refractivity contribution in [1.29, 1.82) is 0 Å². The van der Waals surface area contributed by atoms with Crippen molar-refractivity contribution in [1.82, 2.24) is 10.2 Å². The molecule has 0 heterocycles. The second-order valence-corrected chi connectivity index (χ2v) is 10.1. The molecular weight excluding hydrogens is 542 g/mol. The lowest BCUT2D eigenvalue weighted by Crippen LogP contribution is -2.52. The van der Waals surface area contributed by atoms with Crippen LogP contribution in [0.2, 0.25) is 20.1 Å². The SMILES string of the molecule is CC(C)NC(=O)[C@@H](Cc1ccccc1)N(Cc1c(Cl)cccc1Cl)C(=O)COc1ccc(Cl)cc1Cl. The van der Waals surface area contributed by atoms with E-state index in [-0.39, 0.29) is 36.5 Å². The van der Waals surface area contributed by atoms with Crippen molar-refractivity contribution in [2.45, 2.75) is 38.9 Å². The third-order valence-corrected chi connectivity index (χ3v) is 6.58. The van der Waals surface area contributed by atoms with Gasteiger partial charge in [0, 0.05) is 39.6 Å². The summed E-state index contributed by atoms with van der Waals surface area (Å²) in [4.78, 5) is 28.4. The van der Waals surface area contributed by atoms with Gasteiger partial charge in [-0.25, -0.2) is 0 Å². The highest BCUT2D eigenvalue weighted by atomic mass is 35.5. The van der Waals surface area contributed by atoms with Gasteiger partial charge >= 0.3 is 0 Å². The standard InChI is InChI=1S/C27H26Cl4N2O3/c1-17(2)32-27(35)24(13-18-7-4-3-5-8-18)33(15-20-21(29)9-6-10-22(20)30)26(34)16-36-25-12-11-19(28)14-23(25)31/h3-12,14,17,24H,13,15-16H2,1-2H3,(H,32,35)/t24-/m1/s1. The molecule has 0 radical (unpaired) electrons. The highest BCUT2D eigenvalue weighted by molar-refractivity contribution is 6.36. The van der Waals surface area contributed by atoms with Crippen LogP contribution in [0.25, 0.3) is 0 Å². The van der Waals surface area contributed by atoms with Gasteiger partial charge in [0.1, 0.15) is 11.8 Å². The predicted molar refractivity (Wildman–Crippen MR) is 146 cm³/mol. The number of rotatable bonds is 10. The van der Waals surface area contributed by atoms with Gasteiger partial charge in [0.2, 0.25) is 5.91 Å².